The summed E-state index contributed by atoms with van der Waals surface area (Å²) in [7, 11) is 0. The molecule has 0 bridgehead atoms. The van der Waals surface area contributed by atoms with Gasteiger partial charge in [0.25, 0.3) is 0 Å². The summed E-state index contributed by atoms with van der Waals surface area (Å²) in [6.07, 6.45) is 0.930. The van der Waals surface area contributed by atoms with Crippen LogP contribution in [0.3, 0.4) is 0 Å². The Balaban J connectivity index is 1.94. The lowest BCUT2D eigenvalue weighted by atomic mass is 10.0. The van der Waals surface area contributed by atoms with E-state index in [4.69, 9.17) is 23.2 Å². The topological polar surface area (TPSA) is 12.0 Å². The van der Waals surface area contributed by atoms with Crippen LogP contribution in [0.25, 0.3) is 0 Å². The highest BCUT2D eigenvalue weighted by molar-refractivity contribution is 6.31. The van der Waals surface area contributed by atoms with Crippen LogP contribution >= 0.6 is 23.2 Å². The molecule has 0 aliphatic carbocycles. The Labute approximate surface area is 110 Å². The largest absolute Gasteiger partial charge is 0.378 e. The number of nitrogens with one attached hydrogen (secondary N) is 1. The van der Waals surface area contributed by atoms with Crippen molar-refractivity contribution < 1.29 is 0 Å². The molecule has 17 heavy (non-hydrogen) atoms. The van der Waals surface area contributed by atoms with Gasteiger partial charge in [0.1, 0.15) is 0 Å². The summed E-state index contributed by atoms with van der Waals surface area (Å²) >= 11 is 12.2. The second-order valence-electron chi connectivity index (χ2n) is 4.22. The summed E-state index contributed by atoms with van der Waals surface area (Å²) in [5, 5.41) is 5.07. The Hall–Kier alpha value is -1.18. The average Bonchev–Trinajstić information content (AvgIpc) is 2.72. The van der Waals surface area contributed by atoms with Crippen molar-refractivity contribution >= 4 is 28.9 Å². The molecule has 2 aromatic rings. The van der Waals surface area contributed by atoms with Crippen LogP contribution in [0.2, 0.25) is 10.0 Å². The van der Waals surface area contributed by atoms with E-state index in [1.807, 2.05) is 36.4 Å². The summed E-state index contributed by atoms with van der Waals surface area (Å²) in [4.78, 5) is 0. The van der Waals surface area contributed by atoms with Gasteiger partial charge in [0, 0.05) is 15.7 Å². The molecular weight excluding hydrogens is 253 g/mol. The van der Waals surface area contributed by atoms with Crippen LogP contribution in [-0.4, -0.2) is 0 Å². The highest BCUT2D eigenvalue weighted by atomic mass is 35.5. The normalized spacial score (nSPS) is 17.6. The van der Waals surface area contributed by atoms with Crippen molar-refractivity contribution in [2.75, 3.05) is 5.32 Å². The van der Waals surface area contributed by atoms with E-state index in [-0.39, 0.29) is 6.04 Å². The summed E-state index contributed by atoms with van der Waals surface area (Å²) < 4.78 is 0. The Morgan fingerprint density at radius 2 is 1.88 bits per heavy atom. The summed E-state index contributed by atoms with van der Waals surface area (Å²) in [6, 6.07) is 14.1. The second-order valence-corrected chi connectivity index (χ2v) is 5.07. The van der Waals surface area contributed by atoms with E-state index in [9.17, 15) is 0 Å². The molecular formula is C14H11Cl2N. The maximum Gasteiger partial charge on any atom is 0.0569 e. The lowest BCUT2D eigenvalue weighted by Crippen LogP contribution is -2.05. The molecule has 0 spiro atoms. The zero-order chi connectivity index (χ0) is 11.8. The first-order valence-corrected chi connectivity index (χ1v) is 6.29. The molecule has 1 N–H and O–H groups in total. The molecule has 0 radical (unpaired) electrons. The smallest absolute Gasteiger partial charge is 0.0569 e. The van der Waals surface area contributed by atoms with Gasteiger partial charge in [-0.3, -0.25) is 0 Å². The molecule has 0 saturated carbocycles. The molecule has 1 nitrogen and oxygen atoms in total. The van der Waals surface area contributed by atoms with Crippen LogP contribution in [0.5, 0.6) is 0 Å². The van der Waals surface area contributed by atoms with E-state index in [1.165, 1.54) is 5.56 Å². The van der Waals surface area contributed by atoms with Crippen molar-refractivity contribution in [3.05, 3.63) is 63.6 Å². The van der Waals surface area contributed by atoms with Gasteiger partial charge < -0.3 is 5.32 Å². The van der Waals surface area contributed by atoms with Gasteiger partial charge in [0.2, 0.25) is 0 Å². The Kier molecular flexibility index (Phi) is 2.73. The SMILES string of the molecule is Clc1ccc2c(c1)CC(c1ccccc1Cl)N2. The van der Waals surface area contributed by atoms with Gasteiger partial charge in [0.05, 0.1) is 6.04 Å². The van der Waals surface area contributed by atoms with Crippen LogP contribution in [0, 0.1) is 0 Å². The fraction of sp³-hybridized carbons (Fsp3) is 0.143. The molecule has 1 aliphatic heterocycles. The molecule has 0 aromatic heterocycles. The monoisotopic (exact) mass is 263 g/mol. The molecule has 3 rings (SSSR count). The number of benzene rings is 2. The van der Waals surface area contributed by atoms with Crippen LogP contribution in [0.1, 0.15) is 17.2 Å². The highest BCUT2D eigenvalue weighted by Gasteiger charge is 2.23. The predicted molar refractivity (Wildman–Crippen MR) is 73.0 cm³/mol. The standard InChI is InChI=1S/C14H11Cl2N/c15-10-5-6-13-9(7-10)8-14(17-13)11-3-1-2-4-12(11)16/h1-7,14,17H,8H2. The first-order valence-electron chi connectivity index (χ1n) is 5.53. The third-order valence-corrected chi connectivity index (χ3v) is 3.68. The van der Waals surface area contributed by atoms with E-state index >= 15 is 0 Å². The van der Waals surface area contributed by atoms with Gasteiger partial charge in [-0.1, -0.05) is 41.4 Å². The lowest BCUT2D eigenvalue weighted by Gasteiger charge is -2.13. The van der Waals surface area contributed by atoms with Crippen molar-refractivity contribution in [3.63, 3.8) is 0 Å². The quantitative estimate of drug-likeness (QED) is 0.787. The van der Waals surface area contributed by atoms with Crippen molar-refractivity contribution in [3.8, 4) is 0 Å². The summed E-state index contributed by atoms with van der Waals surface area (Å²) in [5.41, 5.74) is 3.54. The molecule has 0 saturated heterocycles. The minimum absolute atomic E-state index is 0.247. The third-order valence-electron chi connectivity index (χ3n) is 3.10. The number of hydrogen-bond acceptors (Lipinski definition) is 1. The van der Waals surface area contributed by atoms with Gasteiger partial charge in [-0.15, -0.1) is 0 Å². The maximum atomic E-state index is 6.21. The zero-order valence-corrected chi connectivity index (χ0v) is 10.6. The molecule has 1 atom stereocenters. The fourth-order valence-electron chi connectivity index (χ4n) is 2.28. The molecule has 86 valence electrons. The van der Waals surface area contributed by atoms with Gasteiger partial charge in [-0.25, -0.2) is 0 Å². The molecule has 3 heteroatoms. The zero-order valence-electron chi connectivity index (χ0n) is 9.08. The van der Waals surface area contributed by atoms with Gasteiger partial charge in [0.15, 0.2) is 0 Å². The summed E-state index contributed by atoms with van der Waals surface area (Å²) in [5.74, 6) is 0. The van der Waals surface area contributed by atoms with E-state index in [2.05, 4.69) is 11.4 Å². The van der Waals surface area contributed by atoms with E-state index in [0.29, 0.717) is 0 Å². The van der Waals surface area contributed by atoms with E-state index < -0.39 is 0 Å². The van der Waals surface area contributed by atoms with Crippen LogP contribution in [0.15, 0.2) is 42.5 Å². The molecule has 2 aromatic carbocycles. The van der Waals surface area contributed by atoms with Crippen LogP contribution < -0.4 is 5.32 Å². The van der Waals surface area contributed by atoms with E-state index in [1.54, 1.807) is 0 Å². The minimum atomic E-state index is 0.247. The average molecular weight is 264 g/mol. The molecule has 0 fully saturated rings. The first kappa shape index (κ1) is 10.9. The highest BCUT2D eigenvalue weighted by Crippen LogP contribution is 2.37. The van der Waals surface area contributed by atoms with Crippen LogP contribution in [-0.2, 0) is 6.42 Å². The molecule has 1 aliphatic rings. The van der Waals surface area contributed by atoms with E-state index in [0.717, 1.165) is 27.7 Å². The van der Waals surface area contributed by atoms with Crippen molar-refractivity contribution in [1.82, 2.24) is 0 Å². The number of halogens is 2. The fourth-order valence-corrected chi connectivity index (χ4v) is 2.74. The second kappa shape index (κ2) is 4.25. The minimum Gasteiger partial charge on any atom is -0.378 e. The Morgan fingerprint density at radius 3 is 2.71 bits per heavy atom. The number of hydrogen-bond donors (Lipinski definition) is 1. The first-order chi connectivity index (χ1) is 8.24. The van der Waals surface area contributed by atoms with Crippen molar-refractivity contribution in [2.45, 2.75) is 12.5 Å². The molecule has 0 amide bonds. The van der Waals surface area contributed by atoms with Gasteiger partial charge in [-0.05, 0) is 41.8 Å². The van der Waals surface area contributed by atoms with Crippen LogP contribution in [0.4, 0.5) is 5.69 Å². The predicted octanol–water partition coefficient (Wildman–Crippen LogP) is 4.70. The number of fused-ring (bicyclic) bond motifs is 1. The summed E-state index contributed by atoms with van der Waals surface area (Å²) in [6.45, 7) is 0. The number of anilines is 1. The maximum absolute atomic E-state index is 6.21. The lowest BCUT2D eigenvalue weighted by molar-refractivity contribution is 0.824. The Morgan fingerprint density at radius 1 is 1.06 bits per heavy atom. The molecule has 1 heterocycles. The van der Waals surface area contributed by atoms with Gasteiger partial charge in [-0.2, -0.15) is 0 Å². The van der Waals surface area contributed by atoms with Gasteiger partial charge >= 0.3 is 0 Å². The number of rotatable bonds is 1. The third kappa shape index (κ3) is 2.01. The Bertz CT molecular complexity index is 566. The van der Waals surface area contributed by atoms with Crippen molar-refractivity contribution in [2.24, 2.45) is 0 Å². The van der Waals surface area contributed by atoms with Crippen molar-refractivity contribution in [1.29, 1.82) is 0 Å². The molecule has 1 unspecified atom stereocenters.